The fraction of sp³-hybridized carbons (Fsp3) is 0.500. The van der Waals surface area contributed by atoms with Crippen LogP contribution in [0.4, 0.5) is 0 Å². The van der Waals surface area contributed by atoms with E-state index in [4.69, 9.17) is 24.1 Å². The number of methoxy groups -OCH3 is 2. The Morgan fingerprint density at radius 1 is 1.32 bits per heavy atom. The molecule has 0 bridgehead atoms. The first-order valence-electron chi connectivity index (χ1n) is 9.53. The highest BCUT2D eigenvalue weighted by Crippen LogP contribution is 2.33. The van der Waals surface area contributed by atoms with Gasteiger partial charge >= 0.3 is 0 Å². The molecule has 10 nitrogen and oxygen atoms in total. The van der Waals surface area contributed by atoms with Crippen molar-refractivity contribution in [2.45, 2.75) is 12.6 Å². The van der Waals surface area contributed by atoms with Crippen molar-refractivity contribution < 1.29 is 32.5 Å². The molecule has 1 N–H and O–H groups in total. The van der Waals surface area contributed by atoms with E-state index in [2.05, 4.69) is 4.98 Å². The lowest BCUT2D eigenvalue weighted by molar-refractivity contribution is -0.122. The van der Waals surface area contributed by atoms with Crippen LogP contribution in [0.2, 0.25) is 0 Å². The van der Waals surface area contributed by atoms with Crippen molar-refractivity contribution in [2.75, 3.05) is 47.3 Å². The average molecular weight is 456 g/mol. The van der Waals surface area contributed by atoms with E-state index in [1.54, 1.807) is 34.5 Å². The monoisotopic (exact) mass is 455 g/mol. The molecular formula is C20H29N3O7S. The molecule has 1 fully saturated rings. The standard InChI is InChI=1S/C19H27N3O5S.CH2O2/c1-21(2)28(23,24)13-16-11-27-12-17(16)22-8-7-20-19(22)14-5-6-18(26-4)15(9-14)10-25-3;2-1-3/h5-9,16-17H,10-13H2,1-4H3;1H,(H,2,3)/t16-,17-;/m1./s1. The summed E-state index contributed by atoms with van der Waals surface area (Å²) in [5.41, 5.74) is 1.84. The lowest BCUT2D eigenvalue weighted by Crippen LogP contribution is -2.32. The number of sulfonamides is 1. The summed E-state index contributed by atoms with van der Waals surface area (Å²) in [6, 6.07) is 5.72. The van der Waals surface area contributed by atoms with Gasteiger partial charge in [0.05, 0.1) is 38.7 Å². The van der Waals surface area contributed by atoms with Gasteiger partial charge in [0.2, 0.25) is 10.0 Å². The van der Waals surface area contributed by atoms with Crippen LogP contribution >= 0.6 is 0 Å². The van der Waals surface area contributed by atoms with Gasteiger partial charge in [-0.05, 0) is 18.2 Å². The second kappa shape index (κ2) is 11.2. The zero-order valence-electron chi connectivity index (χ0n) is 18.1. The SMILES string of the molecule is COCc1cc(-c2nccn2[C@@H]2COC[C@@H]2CS(=O)(=O)N(C)C)ccc1OC.O=CO. The summed E-state index contributed by atoms with van der Waals surface area (Å²) >= 11 is 0. The van der Waals surface area contributed by atoms with Crippen LogP contribution < -0.4 is 4.74 Å². The van der Waals surface area contributed by atoms with E-state index in [1.807, 2.05) is 29.0 Å². The van der Waals surface area contributed by atoms with Gasteiger partial charge in [0.1, 0.15) is 11.6 Å². The maximum atomic E-state index is 12.4. The van der Waals surface area contributed by atoms with Crippen LogP contribution in [0.1, 0.15) is 11.6 Å². The molecule has 1 aromatic heterocycles. The molecule has 1 saturated heterocycles. The Balaban J connectivity index is 0.00000107. The maximum Gasteiger partial charge on any atom is 0.290 e. The van der Waals surface area contributed by atoms with Crippen LogP contribution in [0.3, 0.4) is 0 Å². The van der Waals surface area contributed by atoms with Gasteiger partial charge < -0.3 is 23.9 Å². The summed E-state index contributed by atoms with van der Waals surface area (Å²) in [5, 5.41) is 6.89. The number of carbonyl (C=O) groups is 1. The van der Waals surface area contributed by atoms with E-state index in [-0.39, 0.29) is 24.2 Å². The third kappa shape index (κ3) is 6.03. The van der Waals surface area contributed by atoms with Crippen molar-refractivity contribution >= 4 is 16.5 Å². The van der Waals surface area contributed by atoms with Gasteiger partial charge in [-0.2, -0.15) is 0 Å². The molecule has 0 saturated carbocycles. The van der Waals surface area contributed by atoms with E-state index in [0.29, 0.717) is 19.8 Å². The summed E-state index contributed by atoms with van der Waals surface area (Å²) in [6.07, 6.45) is 3.61. The predicted molar refractivity (Wildman–Crippen MR) is 114 cm³/mol. The number of benzene rings is 1. The summed E-state index contributed by atoms with van der Waals surface area (Å²) in [5.74, 6) is 1.42. The minimum atomic E-state index is -3.32. The molecule has 0 spiro atoms. The molecule has 172 valence electrons. The molecular weight excluding hydrogens is 426 g/mol. The molecule has 3 rings (SSSR count). The smallest absolute Gasteiger partial charge is 0.290 e. The second-order valence-corrected chi connectivity index (χ2v) is 9.38. The molecule has 1 aliphatic heterocycles. The zero-order chi connectivity index (χ0) is 23.0. The number of ether oxygens (including phenoxy) is 3. The minimum absolute atomic E-state index is 0.0415. The van der Waals surface area contributed by atoms with Crippen LogP contribution in [0.5, 0.6) is 5.75 Å². The Bertz CT molecular complexity index is 959. The second-order valence-electron chi connectivity index (χ2n) is 7.15. The van der Waals surface area contributed by atoms with Crippen molar-refractivity contribution in [1.82, 2.24) is 13.9 Å². The Morgan fingerprint density at radius 3 is 2.65 bits per heavy atom. The van der Waals surface area contributed by atoms with E-state index in [1.165, 1.54) is 4.31 Å². The Kier molecular flexibility index (Phi) is 8.99. The van der Waals surface area contributed by atoms with Crippen LogP contribution in [-0.4, -0.2) is 81.1 Å². The quantitative estimate of drug-likeness (QED) is 0.595. The van der Waals surface area contributed by atoms with Crippen LogP contribution in [0.15, 0.2) is 30.6 Å². The molecule has 0 unspecified atom stereocenters. The van der Waals surface area contributed by atoms with Crippen molar-refractivity contribution in [3.63, 3.8) is 0 Å². The lowest BCUT2D eigenvalue weighted by Gasteiger charge is -2.23. The molecule has 1 aliphatic rings. The van der Waals surface area contributed by atoms with E-state index < -0.39 is 10.0 Å². The van der Waals surface area contributed by atoms with Crippen molar-refractivity contribution in [3.8, 4) is 17.1 Å². The van der Waals surface area contributed by atoms with Gasteiger partial charge in [-0.25, -0.2) is 17.7 Å². The third-order valence-corrected chi connectivity index (χ3v) is 6.97. The zero-order valence-corrected chi connectivity index (χ0v) is 18.9. The summed E-state index contributed by atoms with van der Waals surface area (Å²) in [7, 11) is 3.05. The predicted octanol–water partition coefficient (Wildman–Crippen LogP) is 1.48. The molecule has 0 aliphatic carbocycles. The van der Waals surface area contributed by atoms with Crippen molar-refractivity contribution in [2.24, 2.45) is 5.92 Å². The largest absolute Gasteiger partial charge is 0.496 e. The summed E-state index contributed by atoms with van der Waals surface area (Å²) in [6.45, 7) is 1.04. The van der Waals surface area contributed by atoms with Crippen LogP contribution in [0.25, 0.3) is 11.4 Å². The Hall–Kier alpha value is -2.47. The summed E-state index contributed by atoms with van der Waals surface area (Å²) < 4.78 is 44.3. The molecule has 2 heterocycles. The Labute approximate surface area is 182 Å². The van der Waals surface area contributed by atoms with E-state index >= 15 is 0 Å². The van der Waals surface area contributed by atoms with Gasteiger partial charge in [-0.15, -0.1) is 0 Å². The summed E-state index contributed by atoms with van der Waals surface area (Å²) in [4.78, 5) is 12.9. The number of rotatable bonds is 8. The first-order chi connectivity index (χ1) is 14.8. The highest BCUT2D eigenvalue weighted by Gasteiger charge is 2.35. The van der Waals surface area contributed by atoms with Crippen LogP contribution in [0, 0.1) is 5.92 Å². The molecule has 0 amide bonds. The number of aromatic nitrogens is 2. The van der Waals surface area contributed by atoms with Crippen molar-refractivity contribution in [3.05, 3.63) is 36.2 Å². The van der Waals surface area contributed by atoms with Gasteiger partial charge in [0.25, 0.3) is 6.47 Å². The van der Waals surface area contributed by atoms with Gasteiger partial charge in [0, 0.05) is 50.6 Å². The highest BCUT2D eigenvalue weighted by molar-refractivity contribution is 7.89. The average Bonchev–Trinajstić information content (AvgIpc) is 3.37. The number of carboxylic acid groups (broad SMARTS) is 1. The maximum absolute atomic E-state index is 12.4. The first-order valence-corrected chi connectivity index (χ1v) is 11.1. The van der Waals surface area contributed by atoms with Gasteiger partial charge in [-0.1, -0.05) is 0 Å². The Morgan fingerprint density at radius 2 is 2.03 bits per heavy atom. The van der Waals surface area contributed by atoms with Crippen molar-refractivity contribution in [1.29, 1.82) is 0 Å². The topological polar surface area (TPSA) is 120 Å². The number of hydrogen-bond donors (Lipinski definition) is 1. The number of hydrogen-bond acceptors (Lipinski definition) is 7. The number of imidazole rings is 1. The molecule has 11 heteroatoms. The molecule has 31 heavy (non-hydrogen) atoms. The highest BCUT2D eigenvalue weighted by atomic mass is 32.2. The number of nitrogens with zero attached hydrogens (tertiary/aromatic N) is 3. The van der Waals surface area contributed by atoms with Gasteiger partial charge in [0.15, 0.2) is 0 Å². The van der Waals surface area contributed by atoms with Gasteiger partial charge in [-0.3, -0.25) is 4.79 Å². The fourth-order valence-corrected chi connectivity index (χ4v) is 4.62. The fourth-order valence-electron chi connectivity index (χ4n) is 3.46. The normalized spacial score (nSPS) is 18.5. The molecule has 1 aromatic carbocycles. The third-order valence-electron chi connectivity index (χ3n) is 5.01. The minimum Gasteiger partial charge on any atom is -0.496 e. The molecule has 2 aromatic rings. The molecule has 0 radical (unpaired) electrons. The van der Waals surface area contributed by atoms with E-state index in [9.17, 15) is 8.42 Å². The lowest BCUT2D eigenvalue weighted by atomic mass is 10.0. The first kappa shape index (κ1) is 24.8. The molecule has 2 atom stereocenters. The van der Waals surface area contributed by atoms with E-state index in [0.717, 1.165) is 22.7 Å². The van der Waals surface area contributed by atoms with Crippen LogP contribution in [-0.2, 0) is 30.9 Å².